The number of carbonyl (C=O) groups excluding carboxylic acids is 2. The van der Waals surface area contributed by atoms with Crippen LogP contribution in [0.2, 0.25) is 0 Å². The van der Waals surface area contributed by atoms with Crippen LogP contribution in [-0.2, 0) is 4.74 Å². The largest absolute Gasteiger partial charge is 0.497 e. The summed E-state index contributed by atoms with van der Waals surface area (Å²) >= 11 is 0. The van der Waals surface area contributed by atoms with E-state index >= 15 is 0 Å². The van der Waals surface area contributed by atoms with E-state index in [4.69, 9.17) is 9.47 Å². The zero-order valence-corrected chi connectivity index (χ0v) is 16.2. The first kappa shape index (κ1) is 19.5. The third-order valence-electron chi connectivity index (χ3n) is 4.64. The van der Waals surface area contributed by atoms with E-state index in [1.807, 2.05) is 23.1 Å². The number of amides is 2. The molecule has 0 aliphatic carbocycles. The van der Waals surface area contributed by atoms with Crippen molar-refractivity contribution in [2.75, 3.05) is 50.1 Å². The van der Waals surface area contributed by atoms with Crippen molar-refractivity contribution in [1.29, 1.82) is 0 Å². The van der Waals surface area contributed by atoms with E-state index in [1.165, 1.54) is 0 Å². The summed E-state index contributed by atoms with van der Waals surface area (Å²) in [5.74, 6) is 0.820. The molecular weight excluding hydrogens is 358 g/mol. The van der Waals surface area contributed by atoms with Crippen molar-refractivity contribution in [3.05, 3.63) is 54.1 Å². The molecule has 1 N–H and O–H groups in total. The highest BCUT2D eigenvalue weighted by Gasteiger charge is 2.22. The minimum Gasteiger partial charge on any atom is -0.497 e. The normalized spacial score (nSPS) is 13.8. The number of rotatable bonds is 5. The van der Waals surface area contributed by atoms with Crippen molar-refractivity contribution < 1.29 is 19.1 Å². The van der Waals surface area contributed by atoms with Crippen molar-refractivity contribution in [1.82, 2.24) is 4.90 Å². The van der Waals surface area contributed by atoms with Crippen LogP contribution in [-0.4, -0.2) is 56.8 Å². The molecule has 0 bridgehead atoms. The summed E-state index contributed by atoms with van der Waals surface area (Å²) in [6.45, 7) is 4.89. The molecule has 7 heteroatoms. The fraction of sp³-hybridized carbons (Fsp3) is 0.333. The average molecular weight is 383 g/mol. The van der Waals surface area contributed by atoms with Crippen LogP contribution in [0.15, 0.2) is 48.5 Å². The maximum absolute atomic E-state index is 12.8. The van der Waals surface area contributed by atoms with Gasteiger partial charge in [-0.3, -0.25) is 10.1 Å². The lowest BCUT2D eigenvalue weighted by Crippen LogP contribution is -2.48. The molecule has 2 aromatic rings. The number of hydrogen-bond donors (Lipinski definition) is 1. The number of nitrogens with one attached hydrogen (secondary N) is 1. The zero-order valence-electron chi connectivity index (χ0n) is 16.2. The number of hydrogen-bond acceptors (Lipinski definition) is 5. The van der Waals surface area contributed by atoms with Gasteiger partial charge in [0.2, 0.25) is 0 Å². The van der Waals surface area contributed by atoms with Crippen LogP contribution in [0.4, 0.5) is 16.2 Å². The molecule has 28 heavy (non-hydrogen) atoms. The summed E-state index contributed by atoms with van der Waals surface area (Å²) in [7, 11) is 1.66. The van der Waals surface area contributed by atoms with Gasteiger partial charge < -0.3 is 19.3 Å². The maximum atomic E-state index is 12.8. The molecule has 1 saturated heterocycles. The van der Waals surface area contributed by atoms with E-state index in [9.17, 15) is 9.59 Å². The Morgan fingerprint density at radius 3 is 2.39 bits per heavy atom. The molecular formula is C21H25N3O4. The predicted molar refractivity (Wildman–Crippen MR) is 108 cm³/mol. The monoisotopic (exact) mass is 383 g/mol. The molecule has 1 aliphatic heterocycles. The molecule has 0 atom stereocenters. The summed E-state index contributed by atoms with van der Waals surface area (Å²) in [4.78, 5) is 28.3. The quantitative estimate of drug-likeness (QED) is 0.858. The lowest BCUT2D eigenvalue weighted by molar-refractivity contribution is 0.0746. The van der Waals surface area contributed by atoms with Crippen molar-refractivity contribution in [2.24, 2.45) is 0 Å². The molecule has 0 saturated carbocycles. The van der Waals surface area contributed by atoms with Gasteiger partial charge in [-0.1, -0.05) is 6.07 Å². The Hall–Kier alpha value is -3.22. The van der Waals surface area contributed by atoms with Gasteiger partial charge in [-0.25, -0.2) is 4.79 Å². The SMILES string of the molecule is CCOC(=O)Nc1ccc(C(=O)N2CCN(c3cccc(OC)c3)CC2)cc1. The van der Waals surface area contributed by atoms with E-state index in [2.05, 4.69) is 16.3 Å². The van der Waals surface area contributed by atoms with Crippen LogP contribution in [0, 0.1) is 0 Å². The summed E-state index contributed by atoms with van der Waals surface area (Å²) in [5.41, 5.74) is 2.29. The molecule has 148 valence electrons. The first-order chi connectivity index (χ1) is 13.6. The molecule has 1 aliphatic rings. The Bertz CT molecular complexity index is 815. The topological polar surface area (TPSA) is 71.1 Å². The highest BCUT2D eigenvalue weighted by Crippen LogP contribution is 2.22. The Labute approximate surface area is 164 Å². The van der Waals surface area contributed by atoms with Crippen LogP contribution >= 0.6 is 0 Å². The van der Waals surface area contributed by atoms with E-state index in [1.54, 1.807) is 38.3 Å². The molecule has 1 heterocycles. The van der Waals surface area contributed by atoms with Crippen LogP contribution in [0.1, 0.15) is 17.3 Å². The zero-order chi connectivity index (χ0) is 19.9. The number of carbonyl (C=O) groups is 2. The van der Waals surface area contributed by atoms with Gasteiger partial charge in [-0.15, -0.1) is 0 Å². The van der Waals surface area contributed by atoms with Crippen LogP contribution < -0.4 is 15.0 Å². The smallest absolute Gasteiger partial charge is 0.411 e. The van der Waals surface area contributed by atoms with Crippen LogP contribution in [0.25, 0.3) is 0 Å². The lowest BCUT2D eigenvalue weighted by atomic mass is 10.1. The first-order valence-electron chi connectivity index (χ1n) is 9.33. The molecule has 3 rings (SSSR count). The molecule has 2 aromatic carbocycles. The van der Waals surface area contributed by atoms with Crippen molar-refractivity contribution in [3.8, 4) is 5.75 Å². The van der Waals surface area contributed by atoms with Crippen molar-refractivity contribution >= 4 is 23.4 Å². The van der Waals surface area contributed by atoms with Gasteiger partial charge in [0, 0.05) is 49.2 Å². The second-order valence-corrected chi connectivity index (χ2v) is 6.40. The number of anilines is 2. The Morgan fingerprint density at radius 1 is 1.04 bits per heavy atom. The summed E-state index contributed by atoms with van der Waals surface area (Å²) in [5, 5.41) is 2.62. The number of benzene rings is 2. The van der Waals surface area contributed by atoms with Crippen LogP contribution in [0.3, 0.4) is 0 Å². The fourth-order valence-electron chi connectivity index (χ4n) is 3.14. The Morgan fingerprint density at radius 2 is 1.75 bits per heavy atom. The summed E-state index contributed by atoms with van der Waals surface area (Å²) in [6.07, 6.45) is -0.504. The number of nitrogens with zero attached hydrogens (tertiary/aromatic N) is 2. The van der Waals surface area contributed by atoms with Crippen molar-refractivity contribution in [3.63, 3.8) is 0 Å². The Kier molecular flexibility index (Phi) is 6.37. The third-order valence-corrected chi connectivity index (χ3v) is 4.64. The number of ether oxygens (including phenoxy) is 2. The predicted octanol–water partition coefficient (Wildman–Crippen LogP) is 3.23. The van der Waals surface area contributed by atoms with Crippen molar-refractivity contribution in [2.45, 2.75) is 6.92 Å². The van der Waals surface area contributed by atoms with E-state index in [0.717, 1.165) is 24.5 Å². The maximum Gasteiger partial charge on any atom is 0.411 e. The van der Waals surface area contributed by atoms with Gasteiger partial charge >= 0.3 is 6.09 Å². The molecule has 1 fully saturated rings. The Balaban J connectivity index is 1.56. The van der Waals surface area contributed by atoms with Gasteiger partial charge in [0.1, 0.15) is 5.75 Å². The molecule has 0 radical (unpaired) electrons. The van der Waals surface area contributed by atoms with Gasteiger partial charge in [-0.2, -0.15) is 0 Å². The average Bonchev–Trinajstić information content (AvgIpc) is 2.74. The van der Waals surface area contributed by atoms with Gasteiger partial charge in [0.25, 0.3) is 5.91 Å². The molecule has 2 amide bonds. The minimum atomic E-state index is -0.504. The highest BCUT2D eigenvalue weighted by molar-refractivity contribution is 5.95. The summed E-state index contributed by atoms with van der Waals surface area (Å²) < 4.78 is 10.1. The van der Waals surface area contributed by atoms with Gasteiger partial charge in [-0.05, 0) is 43.3 Å². The second kappa shape index (κ2) is 9.12. The standard InChI is InChI=1S/C21H25N3O4/c1-3-28-21(26)22-17-9-7-16(8-10-17)20(25)24-13-11-23(12-14-24)18-5-4-6-19(15-18)27-2/h4-10,15H,3,11-14H2,1-2H3,(H,22,26). The third kappa shape index (κ3) is 4.73. The van der Waals surface area contributed by atoms with Gasteiger partial charge in [0.05, 0.1) is 13.7 Å². The molecule has 7 nitrogen and oxygen atoms in total. The number of piperazine rings is 1. The van der Waals surface area contributed by atoms with E-state index in [0.29, 0.717) is 30.9 Å². The minimum absolute atomic E-state index is 0.00650. The highest BCUT2D eigenvalue weighted by atomic mass is 16.5. The van der Waals surface area contributed by atoms with Crippen LogP contribution in [0.5, 0.6) is 5.75 Å². The molecule has 0 aromatic heterocycles. The summed E-state index contributed by atoms with van der Waals surface area (Å²) in [6, 6.07) is 14.8. The van der Waals surface area contributed by atoms with Gasteiger partial charge in [0.15, 0.2) is 0 Å². The second-order valence-electron chi connectivity index (χ2n) is 6.40. The first-order valence-corrected chi connectivity index (χ1v) is 9.33. The fourth-order valence-corrected chi connectivity index (χ4v) is 3.14. The van der Waals surface area contributed by atoms with E-state index in [-0.39, 0.29) is 5.91 Å². The number of methoxy groups -OCH3 is 1. The molecule has 0 unspecified atom stereocenters. The van der Waals surface area contributed by atoms with E-state index < -0.39 is 6.09 Å². The lowest BCUT2D eigenvalue weighted by Gasteiger charge is -2.36. The molecule has 0 spiro atoms.